The van der Waals surface area contributed by atoms with Crippen LogP contribution >= 0.6 is 0 Å². The molecule has 1 N–H and O–H groups in total. The average Bonchev–Trinajstić information content (AvgIpc) is 2.75. The minimum Gasteiger partial charge on any atom is -0.375 e. The highest BCUT2D eigenvalue weighted by atomic mass is 16.5. The van der Waals surface area contributed by atoms with E-state index < -0.39 is 0 Å². The van der Waals surface area contributed by atoms with Crippen molar-refractivity contribution in [3.05, 3.63) is 60.2 Å². The average molecular weight is 396 g/mol. The van der Waals surface area contributed by atoms with Crippen molar-refractivity contribution >= 4 is 17.3 Å². The van der Waals surface area contributed by atoms with Crippen LogP contribution < -0.4 is 10.2 Å². The second kappa shape index (κ2) is 11.6. The molecular formula is C24H33N3O2. The van der Waals surface area contributed by atoms with Crippen LogP contribution in [-0.2, 0) is 16.0 Å². The molecule has 1 aliphatic heterocycles. The largest absolute Gasteiger partial charge is 0.375 e. The van der Waals surface area contributed by atoms with Gasteiger partial charge in [0.15, 0.2) is 0 Å². The first-order valence-corrected chi connectivity index (χ1v) is 10.6. The molecule has 0 unspecified atom stereocenters. The first-order valence-electron chi connectivity index (χ1n) is 10.6. The Morgan fingerprint density at radius 2 is 1.76 bits per heavy atom. The third kappa shape index (κ3) is 7.18. The maximum atomic E-state index is 11.6. The van der Waals surface area contributed by atoms with E-state index in [4.69, 9.17) is 4.74 Å². The lowest BCUT2D eigenvalue weighted by atomic mass is 10.1. The molecule has 0 spiro atoms. The number of rotatable bonds is 10. The number of benzene rings is 2. The molecule has 1 saturated heterocycles. The number of amides is 1. The van der Waals surface area contributed by atoms with Gasteiger partial charge in [0.05, 0.1) is 0 Å². The molecule has 156 valence electrons. The van der Waals surface area contributed by atoms with Crippen molar-refractivity contribution in [2.24, 2.45) is 0 Å². The Morgan fingerprint density at radius 1 is 0.966 bits per heavy atom. The van der Waals surface area contributed by atoms with Crippen LogP contribution in [0.1, 0.15) is 24.8 Å². The molecule has 2 aromatic rings. The number of para-hydroxylation sites is 1. The number of nitrogens with zero attached hydrogens (tertiary/aromatic N) is 2. The van der Waals surface area contributed by atoms with Crippen LogP contribution in [0.5, 0.6) is 0 Å². The van der Waals surface area contributed by atoms with Crippen molar-refractivity contribution < 1.29 is 9.53 Å². The summed E-state index contributed by atoms with van der Waals surface area (Å²) in [6, 6.07) is 18.8. The van der Waals surface area contributed by atoms with Crippen LogP contribution in [-0.4, -0.2) is 57.2 Å². The highest BCUT2D eigenvalue weighted by Gasteiger charge is 2.16. The van der Waals surface area contributed by atoms with Gasteiger partial charge in [-0.2, -0.15) is 0 Å². The van der Waals surface area contributed by atoms with Crippen molar-refractivity contribution in [1.82, 2.24) is 4.90 Å². The van der Waals surface area contributed by atoms with Gasteiger partial charge in [-0.15, -0.1) is 0 Å². The smallest absolute Gasteiger partial charge is 0.250 e. The van der Waals surface area contributed by atoms with Gasteiger partial charge in [-0.25, -0.2) is 0 Å². The summed E-state index contributed by atoms with van der Waals surface area (Å²) in [4.78, 5) is 16.7. The molecule has 1 amide bonds. The quantitative estimate of drug-likeness (QED) is 0.622. The molecule has 5 nitrogen and oxygen atoms in total. The first-order chi connectivity index (χ1) is 14.2. The predicted octanol–water partition coefficient (Wildman–Crippen LogP) is 3.81. The molecule has 0 atom stereocenters. The Kier molecular flexibility index (Phi) is 8.53. The number of hydrogen-bond acceptors (Lipinski definition) is 4. The van der Waals surface area contributed by atoms with Gasteiger partial charge in [0.25, 0.3) is 0 Å². The second-order valence-electron chi connectivity index (χ2n) is 7.66. The Balaban J connectivity index is 1.30. The molecule has 3 rings (SSSR count). The number of anilines is 2. The Morgan fingerprint density at radius 3 is 2.52 bits per heavy atom. The summed E-state index contributed by atoms with van der Waals surface area (Å²) in [6.07, 6.45) is 4.71. The van der Waals surface area contributed by atoms with E-state index in [9.17, 15) is 4.79 Å². The molecule has 29 heavy (non-hydrogen) atoms. The van der Waals surface area contributed by atoms with E-state index in [2.05, 4.69) is 57.6 Å². The molecule has 1 heterocycles. The Labute approximate surface area is 174 Å². The third-order valence-electron chi connectivity index (χ3n) is 5.42. The topological polar surface area (TPSA) is 44.8 Å². The van der Waals surface area contributed by atoms with Gasteiger partial charge in [0, 0.05) is 44.7 Å². The van der Waals surface area contributed by atoms with Crippen molar-refractivity contribution in [3.63, 3.8) is 0 Å². The van der Waals surface area contributed by atoms with E-state index in [1.54, 1.807) is 0 Å². The number of nitrogens with one attached hydrogen (secondary N) is 1. The van der Waals surface area contributed by atoms with Gasteiger partial charge < -0.3 is 15.0 Å². The first kappa shape index (κ1) is 21.3. The number of piperazine rings is 1. The molecule has 0 radical (unpaired) electrons. The second-order valence-corrected chi connectivity index (χ2v) is 7.66. The molecule has 0 bridgehead atoms. The monoisotopic (exact) mass is 395 g/mol. The lowest BCUT2D eigenvalue weighted by Gasteiger charge is -2.36. The number of hydrogen-bond donors (Lipinski definition) is 1. The zero-order valence-electron chi connectivity index (χ0n) is 17.5. The maximum Gasteiger partial charge on any atom is 0.250 e. The van der Waals surface area contributed by atoms with E-state index in [-0.39, 0.29) is 12.5 Å². The van der Waals surface area contributed by atoms with Crippen molar-refractivity contribution in [2.45, 2.75) is 25.7 Å². The van der Waals surface area contributed by atoms with Gasteiger partial charge in [-0.3, -0.25) is 9.69 Å². The van der Waals surface area contributed by atoms with Crippen LogP contribution in [0.25, 0.3) is 0 Å². The van der Waals surface area contributed by atoms with E-state index in [1.807, 2.05) is 12.1 Å². The molecule has 0 aliphatic carbocycles. The lowest BCUT2D eigenvalue weighted by molar-refractivity contribution is -0.119. The zero-order chi connectivity index (χ0) is 20.3. The number of carbonyl (C=O) groups excluding carboxylic acids is 1. The SMILES string of the molecule is COCC(=O)Nc1cccc(CCCCCN2CCN(c3ccccc3)CC2)c1. The highest BCUT2D eigenvalue weighted by molar-refractivity contribution is 5.91. The minimum absolute atomic E-state index is 0.0871. The molecule has 0 saturated carbocycles. The third-order valence-corrected chi connectivity index (χ3v) is 5.42. The number of unbranched alkanes of at least 4 members (excludes halogenated alkanes) is 2. The zero-order valence-corrected chi connectivity index (χ0v) is 17.5. The molecule has 1 aliphatic rings. The fourth-order valence-corrected chi connectivity index (χ4v) is 3.84. The summed E-state index contributed by atoms with van der Waals surface area (Å²) in [5.41, 5.74) is 3.46. The summed E-state index contributed by atoms with van der Waals surface area (Å²) in [5, 5.41) is 2.87. The standard InChI is InChI=1S/C24H33N3O2/c1-29-20-24(28)25-22-11-8-10-21(19-22)9-4-3-7-14-26-15-17-27(18-16-26)23-12-5-2-6-13-23/h2,5-6,8,10-13,19H,3-4,7,9,14-18,20H2,1H3,(H,25,28). The summed E-state index contributed by atoms with van der Waals surface area (Å²) in [5.74, 6) is -0.114. The maximum absolute atomic E-state index is 11.6. The molecule has 0 aromatic heterocycles. The van der Waals surface area contributed by atoms with Crippen LogP contribution in [0.3, 0.4) is 0 Å². The Hall–Kier alpha value is -2.37. The van der Waals surface area contributed by atoms with Crippen molar-refractivity contribution in [3.8, 4) is 0 Å². The molecule has 1 fully saturated rings. The fraction of sp³-hybridized carbons (Fsp3) is 0.458. The van der Waals surface area contributed by atoms with Crippen LogP contribution in [0, 0.1) is 0 Å². The molecule has 2 aromatic carbocycles. The Bertz CT molecular complexity index is 743. The van der Waals surface area contributed by atoms with Crippen molar-refractivity contribution in [2.75, 3.05) is 56.7 Å². The van der Waals surface area contributed by atoms with E-state index in [1.165, 1.54) is 44.2 Å². The molecule has 5 heteroatoms. The van der Waals surface area contributed by atoms with E-state index in [0.29, 0.717) is 0 Å². The normalized spacial score (nSPS) is 14.7. The number of aryl methyl sites for hydroxylation is 1. The predicted molar refractivity (Wildman–Crippen MR) is 120 cm³/mol. The van der Waals surface area contributed by atoms with Gasteiger partial charge >= 0.3 is 0 Å². The fourth-order valence-electron chi connectivity index (χ4n) is 3.84. The summed E-state index contributed by atoms with van der Waals surface area (Å²) < 4.78 is 4.86. The van der Waals surface area contributed by atoms with Crippen LogP contribution in [0.4, 0.5) is 11.4 Å². The highest BCUT2D eigenvalue weighted by Crippen LogP contribution is 2.17. The lowest BCUT2D eigenvalue weighted by Crippen LogP contribution is -2.46. The number of methoxy groups -OCH3 is 1. The van der Waals surface area contributed by atoms with Crippen LogP contribution in [0.2, 0.25) is 0 Å². The van der Waals surface area contributed by atoms with Gasteiger partial charge in [-0.05, 0) is 55.6 Å². The van der Waals surface area contributed by atoms with Crippen LogP contribution in [0.15, 0.2) is 54.6 Å². The summed E-state index contributed by atoms with van der Waals surface area (Å²) in [6.45, 7) is 5.81. The van der Waals surface area contributed by atoms with E-state index in [0.717, 1.165) is 38.3 Å². The van der Waals surface area contributed by atoms with Gasteiger partial charge in [-0.1, -0.05) is 36.8 Å². The summed E-state index contributed by atoms with van der Waals surface area (Å²) >= 11 is 0. The van der Waals surface area contributed by atoms with Crippen molar-refractivity contribution in [1.29, 1.82) is 0 Å². The van der Waals surface area contributed by atoms with Gasteiger partial charge in [0.2, 0.25) is 5.91 Å². The summed E-state index contributed by atoms with van der Waals surface area (Å²) in [7, 11) is 1.53. The molecular weight excluding hydrogens is 362 g/mol. The minimum atomic E-state index is -0.114. The van der Waals surface area contributed by atoms with E-state index >= 15 is 0 Å². The number of ether oxygens (including phenoxy) is 1. The van der Waals surface area contributed by atoms with Gasteiger partial charge in [0.1, 0.15) is 6.61 Å². The number of carbonyl (C=O) groups is 1.